The highest BCUT2D eigenvalue weighted by Crippen LogP contribution is 2.59. The van der Waals surface area contributed by atoms with Crippen LogP contribution >= 0.6 is 0 Å². The van der Waals surface area contributed by atoms with Crippen LogP contribution in [0, 0.1) is 11.8 Å². The van der Waals surface area contributed by atoms with E-state index in [9.17, 15) is 14.7 Å². The maximum absolute atomic E-state index is 12.6. The van der Waals surface area contributed by atoms with Crippen LogP contribution in [-0.2, 0) is 9.59 Å². The van der Waals surface area contributed by atoms with Gasteiger partial charge in [-0.2, -0.15) is 0 Å². The Morgan fingerprint density at radius 1 is 1.43 bits per heavy atom. The van der Waals surface area contributed by atoms with E-state index in [2.05, 4.69) is 0 Å². The molecule has 3 aliphatic rings. The molecule has 4 rings (SSSR count). The maximum Gasteiger partial charge on any atom is 0.234 e. The van der Waals surface area contributed by atoms with Gasteiger partial charge in [0.2, 0.25) is 5.91 Å². The summed E-state index contributed by atoms with van der Waals surface area (Å²) < 4.78 is 6.22. The highest BCUT2D eigenvalue weighted by molar-refractivity contribution is 5.98. The van der Waals surface area contributed by atoms with Crippen molar-refractivity contribution < 1.29 is 19.4 Å². The average molecular weight is 286 g/mol. The third-order valence-electron chi connectivity index (χ3n) is 5.41. The number of aliphatic carboxylic acids is 1. The minimum atomic E-state index is -1.28. The zero-order valence-electron chi connectivity index (χ0n) is 11.7. The van der Waals surface area contributed by atoms with Crippen LogP contribution in [0.15, 0.2) is 24.3 Å². The minimum absolute atomic E-state index is 0.0259. The van der Waals surface area contributed by atoms with Crippen molar-refractivity contribution in [2.45, 2.75) is 30.9 Å². The summed E-state index contributed by atoms with van der Waals surface area (Å²) in [6, 6.07) is 7.46. The van der Waals surface area contributed by atoms with Gasteiger partial charge < -0.3 is 19.5 Å². The number of ether oxygens (including phenoxy) is 1. The molecular weight excluding hydrogens is 270 g/mol. The van der Waals surface area contributed by atoms with Gasteiger partial charge >= 0.3 is 0 Å². The van der Waals surface area contributed by atoms with Gasteiger partial charge in [-0.3, -0.25) is 4.79 Å². The molecule has 0 spiro atoms. The topological polar surface area (TPSA) is 69.7 Å². The smallest absolute Gasteiger partial charge is 0.234 e. The molecule has 2 fully saturated rings. The molecule has 110 valence electrons. The number of carboxylic acids is 1. The molecule has 4 atom stereocenters. The lowest BCUT2D eigenvalue weighted by Gasteiger charge is -2.56. The number of benzene rings is 1. The first-order chi connectivity index (χ1) is 10.1. The summed E-state index contributed by atoms with van der Waals surface area (Å²) in [6.07, 6.45) is 2.57. The van der Waals surface area contributed by atoms with E-state index < -0.39 is 23.5 Å². The van der Waals surface area contributed by atoms with Gasteiger partial charge in [-0.25, -0.2) is 0 Å². The van der Waals surface area contributed by atoms with E-state index in [0.29, 0.717) is 5.75 Å². The number of fused-ring (bicyclic) bond motifs is 2. The number of rotatable bonds is 1. The number of carbonyl (C=O) groups excluding carboxylic acids is 2. The Balaban J connectivity index is 1.97. The van der Waals surface area contributed by atoms with Crippen LogP contribution in [-0.4, -0.2) is 29.5 Å². The second-order valence-corrected chi connectivity index (χ2v) is 6.20. The predicted octanol–water partition coefficient (Wildman–Crippen LogP) is 0.497. The van der Waals surface area contributed by atoms with Crippen molar-refractivity contribution in [3.8, 4) is 5.75 Å². The quantitative estimate of drug-likeness (QED) is 0.705. The van der Waals surface area contributed by atoms with E-state index in [-0.39, 0.29) is 11.8 Å². The van der Waals surface area contributed by atoms with Gasteiger partial charge in [0, 0.05) is 25.3 Å². The molecule has 1 aromatic carbocycles. The first-order valence-corrected chi connectivity index (χ1v) is 7.33. The van der Waals surface area contributed by atoms with Crippen molar-refractivity contribution in [3.63, 3.8) is 0 Å². The first kappa shape index (κ1) is 12.7. The third-order valence-corrected chi connectivity index (χ3v) is 5.41. The minimum Gasteiger partial charge on any atom is -0.549 e. The molecular formula is C16H16NO4-. The second-order valence-electron chi connectivity index (χ2n) is 6.20. The van der Waals surface area contributed by atoms with Crippen LogP contribution in [0.1, 0.15) is 30.7 Å². The number of carboxylic acid groups (broad SMARTS) is 1. The van der Waals surface area contributed by atoms with Gasteiger partial charge in [0.1, 0.15) is 5.75 Å². The Kier molecular flexibility index (Phi) is 2.41. The molecule has 5 nitrogen and oxygen atoms in total. The van der Waals surface area contributed by atoms with Crippen molar-refractivity contribution in [2.24, 2.45) is 11.8 Å². The van der Waals surface area contributed by atoms with Gasteiger partial charge in [0.15, 0.2) is 5.72 Å². The maximum atomic E-state index is 12.6. The molecule has 2 heterocycles. The summed E-state index contributed by atoms with van der Waals surface area (Å²) in [4.78, 5) is 25.7. The normalized spacial score (nSPS) is 36.7. The molecule has 1 aromatic rings. The molecule has 1 saturated carbocycles. The Labute approximate surface area is 122 Å². The van der Waals surface area contributed by atoms with E-state index in [1.807, 2.05) is 24.3 Å². The summed E-state index contributed by atoms with van der Waals surface area (Å²) in [7, 11) is 1.65. The van der Waals surface area contributed by atoms with Crippen molar-refractivity contribution >= 4 is 11.9 Å². The van der Waals surface area contributed by atoms with Crippen LogP contribution in [0.4, 0.5) is 0 Å². The number of likely N-dealkylation sites (tertiary alicyclic amines) is 1. The Hall–Kier alpha value is -2.04. The first-order valence-electron chi connectivity index (χ1n) is 7.33. The van der Waals surface area contributed by atoms with Gasteiger partial charge in [0.05, 0.1) is 11.9 Å². The monoisotopic (exact) mass is 286 g/mol. The molecule has 1 amide bonds. The zero-order valence-corrected chi connectivity index (χ0v) is 11.7. The lowest BCUT2D eigenvalue weighted by atomic mass is 9.67. The molecule has 0 radical (unpaired) electrons. The van der Waals surface area contributed by atoms with Crippen LogP contribution in [0.25, 0.3) is 0 Å². The van der Waals surface area contributed by atoms with Gasteiger partial charge in [-0.1, -0.05) is 18.2 Å². The van der Waals surface area contributed by atoms with E-state index in [4.69, 9.17) is 4.74 Å². The van der Waals surface area contributed by atoms with Crippen molar-refractivity contribution in [1.82, 2.24) is 4.90 Å². The molecule has 1 saturated heterocycles. The van der Waals surface area contributed by atoms with E-state index in [1.165, 1.54) is 4.90 Å². The summed E-state index contributed by atoms with van der Waals surface area (Å²) >= 11 is 0. The van der Waals surface area contributed by atoms with Crippen molar-refractivity contribution in [1.29, 1.82) is 0 Å². The van der Waals surface area contributed by atoms with Crippen LogP contribution < -0.4 is 9.84 Å². The summed E-state index contributed by atoms with van der Waals surface area (Å²) in [6.45, 7) is 0. The predicted molar refractivity (Wildman–Crippen MR) is 71.2 cm³/mol. The van der Waals surface area contributed by atoms with Crippen LogP contribution in [0.5, 0.6) is 5.75 Å². The van der Waals surface area contributed by atoms with Crippen LogP contribution in [0.3, 0.4) is 0 Å². The number of amides is 1. The summed E-state index contributed by atoms with van der Waals surface area (Å²) in [5, 5.41) is 11.6. The zero-order chi connectivity index (χ0) is 14.8. The molecule has 5 heteroatoms. The number of piperidine rings is 1. The molecule has 2 bridgehead atoms. The van der Waals surface area contributed by atoms with E-state index >= 15 is 0 Å². The largest absolute Gasteiger partial charge is 0.549 e. The Morgan fingerprint density at radius 3 is 2.95 bits per heavy atom. The molecule has 2 aliphatic heterocycles. The number of nitrogens with zero attached hydrogens (tertiary/aromatic N) is 1. The Morgan fingerprint density at radius 2 is 2.19 bits per heavy atom. The molecule has 0 unspecified atom stereocenters. The fraction of sp³-hybridized carbons (Fsp3) is 0.500. The molecule has 21 heavy (non-hydrogen) atoms. The number of hydrogen-bond donors (Lipinski definition) is 0. The fourth-order valence-electron chi connectivity index (χ4n) is 4.52. The molecule has 0 N–H and O–H groups in total. The van der Waals surface area contributed by atoms with Gasteiger partial charge in [-0.05, 0) is 24.5 Å². The number of hydrogen-bond acceptors (Lipinski definition) is 4. The SMILES string of the molecule is CN1C(=O)[C@H](C(=O)[O-])[C@@H]2c3ccccc3O[C@]13CCC[C@H]23. The molecule has 1 aliphatic carbocycles. The highest BCUT2D eigenvalue weighted by atomic mass is 16.5. The van der Waals surface area contributed by atoms with Crippen LogP contribution in [0.2, 0.25) is 0 Å². The fourth-order valence-corrected chi connectivity index (χ4v) is 4.52. The number of para-hydroxylation sites is 1. The number of carbonyl (C=O) groups is 2. The molecule has 0 aromatic heterocycles. The lowest BCUT2D eigenvalue weighted by molar-refractivity contribution is -0.314. The van der Waals surface area contributed by atoms with E-state index in [1.54, 1.807) is 7.05 Å². The highest BCUT2D eigenvalue weighted by Gasteiger charge is 2.63. The second kappa shape index (κ2) is 4.00. The van der Waals surface area contributed by atoms with Crippen molar-refractivity contribution in [3.05, 3.63) is 29.8 Å². The average Bonchev–Trinajstić information content (AvgIpc) is 2.89. The standard InChI is InChI=1S/C16H17NO4/c1-17-14(18)13(15(19)20)12-9-5-2-3-7-11(9)21-16(17)8-4-6-10(12)16/h2-3,5,7,10,12-13H,4,6,8H2,1H3,(H,19,20)/p-1/t10-,12-,13-,16+/m1/s1. The third kappa shape index (κ3) is 1.41. The van der Waals surface area contributed by atoms with Gasteiger partial charge in [0.25, 0.3) is 0 Å². The Bertz CT molecular complexity index is 643. The van der Waals surface area contributed by atoms with Gasteiger partial charge in [-0.15, -0.1) is 0 Å². The summed E-state index contributed by atoms with van der Waals surface area (Å²) in [5.74, 6) is -2.41. The lowest BCUT2D eigenvalue weighted by Crippen LogP contribution is -2.67. The van der Waals surface area contributed by atoms with E-state index in [0.717, 1.165) is 24.8 Å². The van der Waals surface area contributed by atoms with Crippen molar-refractivity contribution in [2.75, 3.05) is 7.05 Å². The summed E-state index contributed by atoms with van der Waals surface area (Å²) in [5.41, 5.74) is 0.151.